The molecule has 0 radical (unpaired) electrons. The molecule has 112 valence electrons. The van der Waals surface area contributed by atoms with Gasteiger partial charge in [-0.25, -0.2) is 4.39 Å². The fourth-order valence-corrected chi connectivity index (χ4v) is 2.77. The van der Waals surface area contributed by atoms with Crippen molar-refractivity contribution >= 4 is 34.2 Å². The van der Waals surface area contributed by atoms with Gasteiger partial charge < -0.3 is 10.2 Å². The quantitative estimate of drug-likeness (QED) is 0.888. The predicted molar refractivity (Wildman–Crippen MR) is 84.0 cm³/mol. The summed E-state index contributed by atoms with van der Waals surface area (Å²) < 4.78 is 14.5. The number of carbonyl (C=O) groups excluding carboxylic acids is 1. The fraction of sp³-hybridized carbons (Fsp3) is 0.500. The van der Waals surface area contributed by atoms with Crippen LogP contribution in [-0.4, -0.2) is 36.5 Å². The number of nitrogens with zero attached hydrogens (tertiary/aromatic N) is 1. The number of benzene rings is 1. The van der Waals surface area contributed by atoms with Crippen molar-refractivity contribution < 1.29 is 9.18 Å². The Labute approximate surface area is 133 Å². The molecule has 1 aromatic rings. The van der Waals surface area contributed by atoms with E-state index >= 15 is 0 Å². The van der Waals surface area contributed by atoms with Gasteiger partial charge in [-0.15, -0.1) is 12.4 Å². The minimum absolute atomic E-state index is 0. The number of hydrogen-bond donors (Lipinski definition) is 1. The molecule has 1 amide bonds. The Balaban J connectivity index is 0.00000200. The van der Waals surface area contributed by atoms with Crippen molar-refractivity contribution in [2.45, 2.75) is 25.8 Å². The molecular weight excluding hydrogens is 347 g/mol. The second-order valence-corrected chi connectivity index (χ2v) is 5.69. The Morgan fingerprint density at radius 3 is 2.90 bits per heavy atom. The first-order valence-electron chi connectivity index (χ1n) is 6.60. The maximum absolute atomic E-state index is 13.8. The standard InChI is InChI=1S/C14H18BrFN2O.ClH/c1-2-7-18(11-5-6-17-9-11)14(19)12-8-10(15)3-4-13(12)16;/h3-4,8,11,17H,2,5-7,9H2,1H3;1H. The third-order valence-electron chi connectivity index (χ3n) is 3.36. The molecule has 1 unspecified atom stereocenters. The van der Waals surface area contributed by atoms with E-state index in [4.69, 9.17) is 0 Å². The maximum atomic E-state index is 13.8. The summed E-state index contributed by atoms with van der Waals surface area (Å²) in [5, 5.41) is 3.25. The lowest BCUT2D eigenvalue weighted by Crippen LogP contribution is -2.42. The molecule has 1 atom stereocenters. The van der Waals surface area contributed by atoms with Crippen molar-refractivity contribution in [2.75, 3.05) is 19.6 Å². The molecule has 2 rings (SSSR count). The Morgan fingerprint density at radius 1 is 1.55 bits per heavy atom. The van der Waals surface area contributed by atoms with Crippen LogP contribution in [0.5, 0.6) is 0 Å². The molecule has 0 bridgehead atoms. The van der Waals surface area contributed by atoms with E-state index in [9.17, 15) is 9.18 Å². The maximum Gasteiger partial charge on any atom is 0.257 e. The highest BCUT2D eigenvalue weighted by molar-refractivity contribution is 9.10. The first kappa shape index (κ1) is 17.4. The number of hydrogen-bond acceptors (Lipinski definition) is 2. The molecule has 1 saturated heterocycles. The molecule has 1 aromatic carbocycles. The van der Waals surface area contributed by atoms with Crippen LogP contribution in [0.25, 0.3) is 0 Å². The van der Waals surface area contributed by atoms with Crippen LogP contribution in [0.3, 0.4) is 0 Å². The minimum atomic E-state index is -0.458. The van der Waals surface area contributed by atoms with Gasteiger partial charge in [-0.2, -0.15) is 0 Å². The third-order valence-corrected chi connectivity index (χ3v) is 3.85. The summed E-state index contributed by atoms with van der Waals surface area (Å²) in [4.78, 5) is 14.3. The van der Waals surface area contributed by atoms with Crippen LogP contribution in [0.4, 0.5) is 4.39 Å². The van der Waals surface area contributed by atoms with Gasteiger partial charge in [0.25, 0.3) is 5.91 Å². The molecule has 20 heavy (non-hydrogen) atoms. The second kappa shape index (κ2) is 7.96. The average Bonchev–Trinajstić information content (AvgIpc) is 2.92. The van der Waals surface area contributed by atoms with E-state index in [1.807, 2.05) is 6.92 Å². The fourth-order valence-electron chi connectivity index (χ4n) is 2.41. The van der Waals surface area contributed by atoms with E-state index in [0.29, 0.717) is 6.54 Å². The van der Waals surface area contributed by atoms with E-state index in [0.717, 1.165) is 30.4 Å². The zero-order chi connectivity index (χ0) is 13.8. The largest absolute Gasteiger partial charge is 0.334 e. The van der Waals surface area contributed by atoms with Gasteiger partial charge in [-0.3, -0.25) is 4.79 Å². The Bertz CT molecular complexity index is 466. The Morgan fingerprint density at radius 2 is 2.30 bits per heavy atom. The molecule has 1 aliphatic heterocycles. The lowest BCUT2D eigenvalue weighted by Gasteiger charge is -2.28. The summed E-state index contributed by atoms with van der Waals surface area (Å²) in [6.45, 7) is 4.40. The normalized spacial score (nSPS) is 17.6. The topological polar surface area (TPSA) is 32.3 Å². The molecule has 0 aliphatic carbocycles. The van der Waals surface area contributed by atoms with Crippen LogP contribution in [-0.2, 0) is 0 Å². The van der Waals surface area contributed by atoms with Gasteiger partial charge >= 0.3 is 0 Å². The lowest BCUT2D eigenvalue weighted by atomic mass is 10.1. The molecule has 1 N–H and O–H groups in total. The second-order valence-electron chi connectivity index (χ2n) is 4.77. The van der Waals surface area contributed by atoms with Crippen LogP contribution in [0, 0.1) is 5.82 Å². The van der Waals surface area contributed by atoms with E-state index < -0.39 is 5.82 Å². The zero-order valence-electron chi connectivity index (χ0n) is 11.4. The molecular formula is C14H19BrClFN2O. The summed E-state index contributed by atoms with van der Waals surface area (Å²) in [5.74, 6) is -0.672. The van der Waals surface area contributed by atoms with Gasteiger partial charge in [-0.1, -0.05) is 22.9 Å². The van der Waals surface area contributed by atoms with E-state index in [-0.39, 0.29) is 29.9 Å². The summed E-state index contributed by atoms with van der Waals surface area (Å²) >= 11 is 3.29. The molecule has 1 aliphatic rings. The van der Waals surface area contributed by atoms with Gasteiger partial charge in [0.15, 0.2) is 0 Å². The first-order chi connectivity index (χ1) is 9.13. The Hall–Kier alpha value is -0.650. The number of carbonyl (C=O) groups is 1. The predicted octanol–water partition coefficient (Wildman–Crippen LogP) is 3.22. The van der Waals surface area contributed by atoms with Crippen LogP contribution in [0.1, 0.15) is 30.1 Å². The molecule has 6 heteroatoms. The minimum Gasteiger partial charge on any atom is -0.334 e. The van der Waals surface area contributed by atoms with Crippen molar-refractivity contribution in [3.63, 3.8) is 0 Å². The van der Waals surface area contributed by atoms with Crippen molar-refractivity contribution in [3.8, 4) is 0 Å². The van der Waals surface area contributed by atoms with Gasteiger partial charge in [0.05, 0.1) is 5.56 Å². The smallest absolute Gasteiger partial charge is 0.257 e. The van der Waals surface area contributed by atoms with Gasteiger partial charge in [0.1, 0.15) is 5.82 Å². The zero-order valence-corrected chi connectivity index (χ0v) is 13.8. The number of halogens is 3. The Kier molecular flexibility index (Phi) is 6.92. The van der Waals surface area contributed by atoms with Crippen LogP contribution < -0.4 is 5.32 Å². The monoisotopic (exact) mass is 364 g/mol. The van der Waals surface area contributed by atoms with Crippen molar-refractivity contribution in [1.29, 1.82) is 0 Å². The summed E-state index contributed by atoms with van der Waals surface area (Å²) in [6, 6.07) is 4.66. The van der Waals surface area contributed by atoms with Crippen LogP contribution in [0.2, 0.25) is 0 Å². The van der Waals surface area contributed by atoms with E-state index in [2.05, 4.69) is 21.2 Å². The van der Waals surface area contributed by atoms with Gasteiger partial charge in [0.2, 0.25) is 0 Å². The molecule has 0 spiro atoms. The van der Waals surface area contributed by atoms with E-state index in [1.165, 1.54) is 6.07 Å². The lowest BCUT2D eigenvalue weighted by molar-refractivity contribution is 0.0687. The van der Waals surface area contributed by atoms with E-state index in [1.54, 1.807) is 17.0 Å². The van der Waals surface area contributed by atoms with Gasteiger partial charge in [-0.05, 0) is 37.6 Å². The highest BCUT2D eigenvalue weighted by Crippen LogP contribution is 2.20. The van der Waals surface area contributed by atoms with Crippen molar-refractivity contribution in [2.24, 2.45) is 0 Å². The molecule has 3 nitrogen and oxygen atoms in total. The highest BCUT2D eigenvalue weighted by atomic mass is 79.9. The summed E-state index contributed by atoms with van der Waals surface area (Å²) in [5.41, 5.74) is 0.148. The van der Waals surface area contributed by atoms with Crippen molar-refractivity contribution in [3.05, 3.63) is 34.1 Å². The highest BCUT2D eigenvalue weighted by Gasteiger charge is 2.28. The van der Waals surface area contributed by atoms with Crippen molar-refractivity contribution in [1.82, 2.24) is 10.2 Å². The molecule has 0 aromatic heterocycles. The summed E-state index contributed by atoms with van der Waals surface area (Å²) in [6.07, 6.45) is 1.80. The van der Waals surface area contributed by atoms with Crippen LogP contribution in [0.15, 0.2) is 22.7 Å². The third kappa shape index (κ3) is 3.93. The number of amides is 1. The number of nitrogens with one attached hydrogen (secondary N) is 1. The average molecular weight is 366 g/mol. The SMILES string of the molecule is CCCN(C(=O)c1cc(Br)ccc1F)C1CCNC1.Cl. The number of rotatable bonds is 4. The molecule has 0 saturated carbocycles. The first-order valence-corrected chi connectivity index (χ1v) is 7.39. The molecule has 1 heterocycles. The molecule has 1 fully saturated rings. The van der Waals surface area contributed by atoms with Crippen LogP contribution >= 0.6 is 28.3 Å². The summed E-state index contributed by atoms with van der Waals surface area (Å²) in [7, 11) is 0. The van der Waals surface area contributed by atoms with Gasteiger partial charge in [0, 0.05) is 23.6 Å².